The summed E-state index contributed by atoms with van der Waals surface area (Å²) in [6.45, 7) is 6.64. The van der Waals surface area contributed by atoms with Crippen LogP contribution in [0, 0.1) is 0 Å². The van der Waals surface area contributed by atoms with E-state index in [2.05, 4.69) is 30.0 Å². The Morgan fingerprint density at radius 3 is 1.38 bits per heavy atom. The average Bonchev–Trinajstić information content (AvgIpc) is 3.61. The van der Waals surface area contributed by atoms with Gasteiger partial charge in [-0.1, -0.05) is 36.1 Å². The highest BCUT2D eigenvalue weighted by Crippen LogP contribution is 2.37. The maximum Gasteiger partial charge on any atom is 0.338 e. The smallest absolute Gasteiger partial charge is 0.338 e. The van der Waals surface area contributed by atoms with Gasteiger partial charge in [0.05, 0.1) is 67.8 Å². The van der Waals surface area contributed by atoms with E-state index >= 15 is 0 Å². The van der Waals surface area contributed by atoms with Gasteiger partial charge >= 0.3 is 11.9 Å². The lowest BCUT2D eigenvalue weighted by Gasteiger charge is -2.35. The van der Waals surface area contributed by atoms with Crippen LogP contribution in [0.15, 0.2) is 69.2 Å². The van der Waals surface area contributed by atoms with Crippen molar-refractivity contribution in [1.29, 1.82) is 0 Å². The molecule has 2 aromatic carbocycles. The molecule has 6 rings (SSSR count). The van der Waals surface area contributed by atoms with Gasteiger partial charge in [0.1, 0.15) is 0 Å². The molecule has 12 heteroatoms. The minimum absolute atomic E-state index is 0.326. The molecule has 0 amide bonds. The van der Waals surface area contributed by atoms with Crippen LogP contribution >= 0.6 is 0 Å². The van der Waals surface area contributed by atoms with Gasteiger partial charge in [0.25, 0.3) is 0 Å². The van der Waals surface area contributed by atoms with E-state index in [1.54, 1.807) is 38.1 Å². The van der Waals surface area contributed by atoms with Gasteiger partial charge in [-0.3, -0.25) is 19.8 Å². The molecule has 2 saturated carbocycles. The Bertz CT molecular complexity index is 1260. The summed E-state index contributed by atoms with van der Waals surface area (Å²) in [5.41, 5.74) is 2.47. The number of nitrogens with zero attached hydrogens (tertiary/aromatic N) is 8. The third-order valence-electron chi connectivity index (χ3n) is 9.41. The maximum atomic E-state index is 12.0. The fourth-order valence-electron chi connectivity index (χ4n) is 7.22. The van der Waals surface area contributed by atoms with Crippen LogP contribution in [-0.2, 0) is 9.47 Å². The van der Waals surface area contributed by atoms with E-state index in [-0.39, 0.29) is 11.9 Å². The Labute approximate surface area is 265 Å². The molecule has 0 spiro atoms. The van der Waals surface area contributed by atoms with Gasteiger partial charge in [-0.15, -0.1) is 10.2 Å². The van der Waals surface area contributed by atoms with E-state index in [1.807, 2.05) is 24.3 Å². The number of fused-ring (bicyclic) bond motifs is 2. The van der Waals surface area contributed by atoms with Crippen molar-refractivity contribution in [3.63, 3.8) is 0 Å². The maximum absolute atomic E-state index is 12.0. The van der Waals surface area contributed by atoms with Gasteiger partial charge in [-0.05, 0) is 88.1 Å². The van der Waals surface area contributed by atoms with Gasteiger partial charge in [0.15, 0.2) is 0 Å². The highest BCUT2D eigenvalue weighted by Gasteiger charge is 2.46. The number of carbonyl (C=O) groups is 2. The molecule has 4 fully saturated rings. The molecule has 0 aromatic heterocycles. The van der Waals surface area contributed by atoms with Crippen LogP contribution in [0.4, 0.5) is 11.4 Å². The van der Waals surface area contributed by atoms with E-state index < -0.39 is 0 Å². The molecule has 2 heterocycles. The van der Waals surface area contributed by atoms with Crippen LogP contribution in [0.2, 0.25) is 0 Å². The van der Waals surface area contributed by atoms with Crippen molar-refractivity contribution in [3.8, 4) is 0 Å². The lowest BCUT2D eigenvalue weighted by molar-refractivity contribution is 0.0517. The summed E-state index contributed by atoms with van der Waals surface area (Å²) in [4.78, 5) is 29.1. The van der Waals surface area contributed by atoms with E-state index in [0.29, 0.717) is 48.5 Å². The molecular formula is C33H44N8O4. The van der Waals surface area contributed by atoms with Crippen LogP contribution in [0.3, 0.4) is 0 Å². The molecule has 2 aliphatic heterocycles. The molecule has 4 aliphatic rings. The van der Waals surface area contributed by atoms with Crippen molar-refractivity contribution in [2.24, 2.45) is 20.7 Å². The lowest BCUT2D eigenvalue weighted by atomic mass is 9.90. The minimum atomic E-state index is -0.326. The predicted octanol–water partition coefficient (Wildman–Crippen LogP) is 6.47. The third kappa shape index (κ3) is 7.17. The molecule has 2 aromatic rings. The number of ether oxygens (including phenoxy) is 2. The fraction of sp³-hybridized carbons (Fsp3) is 0.576. The highest BCUT2D eigenvalue weighted by molar-refractivity contribution is 5.90. The van der Waals surface area contributed by atoms with Crippen LogP contribution in [0.1, 0.15) is 85.9 Å². The summed E-state index contributed by atoms with van der Waals surface area (Å²) < 4.78 is 10.2. The van der Waals surface area contributed by atoms with E-state index in [9.17, 15) is 9.59 Å². The zero-order valence-corrected chi connectivity index (χ0v) is 26.3. The zero-order chi connectivity index (χ0) is 31.2. The molecule has 0 radical (unpaired) electrons. The lowest BCUT2D eigenvalue weighted by Crippen LogP contribution is -2.47. The number of rotatable bonds is 10. The van der Waals surface area contributed by atoms with Crippen LogP contribution < -0.4 is 0 Å². The van der Waals surface area contributed by atoms with Gasteiger partial charge in [0.2, 0.25) is 0 Å². The molecule has 4 unspecified atom stereocenters. The van der Waals surface area contributed by atoms with Crippen molar-refractivity contribution < 1.29 is 19.1 Å². The van der Waals surface area contributed by atoms with Crippen molar-refractivity contribution in [3.05, 3.63) is 59.7 Å². The Kier molecular flexibility index (Phi) is 10.00. The first kappa shape index (κ1) is 31.1. The van der Waals surface area contributed by atoms with Crippen molar-refractivity contribution in [2.75, 3.05) is 33.2 Å². The molecule has 4 atom stereocenters. The summed E-state index contributed by atoms with van der Waals surface area (Å²) >= 11 is 0. The normalized spacial score (nSPS) is 25.6. The van der Waals surface area contributed by atoms with Gasteiger partial charge < -0.3 is 9.47 Å². The summed E-state index contributed by atoms with van der Waals surface area (Å²) in [6, 6.07) is 15.8. The summed E-state index contributed by atoms with van der Waals surface area (Å²) in [7, 11) is 0. The largest absolute Gasteiger partial charge is 0.462 e. The third-order valence-corrected chi connectivity index (χ3v) is 9.41. The first-order valence-electron chi connectivity index (χ1n) is 16.4. The van der Waals surface area contributed by atoms with Crippen LogP contribution in [-0.4, -0.2) is 89.1 Å². The SMILES string of the molecule is CCOC(=O)c1ccc(N=NN2CN(CN3CN(N=Nc4ccc(C(=O)OCC)cc4)C4CCCCC43)C3CCCCC32)cc1. The molecule has 0 bridgehead atoms. The number of esters is 2. The number of carbonyl (C=O) groups excluding carboxylic acids is 2. The average molecular weight is 617 g/mol. The van der Waals surface area contributed by atoms with Crippen molar-refractivity contribution in [1.82, 2.24) is 19.8 Å². The molecule has 2 aliphatic carbocycles. The minimum Gasteiger partial charge on any atom is -0.462 e. The standard InChI is InChI=1S/C33H44N8O4/c1-3-44-32(42)24-13-17-26(18-14-24)34-36-40-22-38(28-9-5-7-11-30(28)40)21-39-23-41(31-12-8-6-10-29(31)39)37-35-27-19-15-25(16-20-27)33(43)45-4-2/h13-20,28-31H,3-12,21-23H2,1-2H3. The van der Waals surface area contributed by atoms with Gasteiger partial charge in [0, 0.05) is 12.1 Å². The van der Waals surface area contributed by atoms with E-state index in [1.165, 1.54) is 25.7 Å². The summed E-state index contributed by atoms with van der Waals surface area (Å²) in [6.07, 6.45) is 9.44. The molecule has 0 N–H and O–H groups in total. The Balaban J connectivity index is 1.11. The molecule has 45 heavy (non-hydrogen) atoms. The highest BCUT2D eigenvalue weighted by atomic mass is 16.5. The number of hydrogen-bond donors (Lipinski definition) is 0. The molecule has 240 valence electrons. The number of hydrogen-bond acceptors (Lipinski definition) is 10. The van der Waals surface area contributed by atoms with Gasteiger partial charge in [-0.25, -0.2) is 9.59 Å². The molecule has 12 nitrogen and oxygen atoms in total. The second kappa shape index (κ2) is 14.5. The van der Waals surface area contributed by atoms with Crippen molar-refractivity contribution >= 4 is 23.3 Å². The first-order valence-corrected chi connectivity index (χ1v) is 16.4. The van der Waals surface area contributed by atoms with Gasteiger partial charge in [-0.2, -0.15) is 0 Å². The monoisotopic (exact) mass is 616 g/mol. The Morgan fingerprint density at radius 1 is 0.622 bits per heavy atom. The van der Waals surface area contributed by atoms with Crippen LogP contribution in [0.5, 0.6) is 0 Å². The summed E-state index contributed by atoms with van der Waals surface area (Å²) in [5, 5.41) is 22.8. The zero-order valence-electron chi connectivity index (χ0n) is 26.3. The molecular weight excluding hydrogens is 572 g/mol. The molecule has 2 saturated heterocycles. The van der Waals surface area contributed by atoms with E-state index in [4.69, 9.17) is 19.9 Å². The second-order valence-electron chi connectivity index (χ2n) is 12.2. The number of benzene rings is 2. The topological polar surface area (TPSA) is 115 Å². The van der Waals surface area contributed by atoms with Crippen molar-refractivity contribution in [2.45, 2.75) is 89.4 Å². The Hall–Kier alpha value is -3.90. The second-order valence-corrected chi connectivity index (χ2v) is 12.2. The summed E-state index contributed by atoms with van der Waals surface area (Å²) in [5.74, 6) is -0.652. The first-order chi connectivity index (χ1) is 22.0. The predicted molar refractivity (Wildman–Crippen MR) is 168 cm³/mol. The van der Waals surface area contributed by atoms with E-state index in [0.717, 1.165) is 57.1 Å². The fourth-order valence-corrected chi connectivity index (χ4v) is 7.22. The van der Waals surface area contributed by atoms with Crippen LogP contribution in [0.25, 0.3) is 0 Å². The Morgan fingerprint density at radius 2 is 1.00 bits per heavy atom. The quantitative estimate of drug-likeness (QED) is 0.220.